The van der Waals surface area contributed by atoms with E-state index in [1.54, 1.807) is 6.92 Å². The molecule has 6 heteroatoms. The van der Waals surface area contributed by atoms with Crippen molar-refractivity contribution in [3.05, 3.63) is 62.5 Å². The van der Waals surface area contributed by atoms with Gasteiger partial charge in [0.15, 0.2) is 11.9 Å². The zero-order valence-electron chi connectivity index (χ0n) is 16.9. The number of H-pyrrole nitrogens is 1. The molecule has 0 spiro atoms. The Kier molecular flexibility index (Phi) is 5.98. The largest absolute Gasteiger partial charge is 0.454 e. The quantitative estimate of drug-likeness (QED) is 0.591. The number of nitrogens with one attached hydrogen (secondary N) is 1. The summed E-state index contributed by atoms with van der Waals surface area (Å²) in [7, 11) is 0. The molecule has 1 aromatic carbocycles. The van der Waals surface area contributed by atoms with E-state index in [2.05, 4.69) is 16.9 Å². The van der Waals surface area contributed by atoms with Crippen LogP contribution in [0.3, 0.4) is 0 Å². The first-order valence-corrected chi connectivity index (χ1v) is 10.4. The summed E-state index contributed by atoms with van der Waals surface area (Å²) in [5, 5.41) is 0.617. The number of hydrogen-bond acceptors (Lipinski definition) is 5. The fourth-order valence-electron chi connectivity index (χ4n) is 3.36. The lowest BCUT2D eigenvalue weighted by Gasteiger charge is -2.23. The van der Waals surface area contributed by atoms with E-state index in [-0.39, 0.29) is 23.4 Å². The van der Waals surface area contributed by atoms with Crippen LogP contribution in [-0.4, -0.2) is 15.9 Å². The number of thiophene rings is 1. The van der Waals surface area contributed by atoms with Gasteiger partial charge in [0.05, 0.1) is 11.3 Å². The molecule has 3 atom stereocenters. The molecular formula is C22H26N2O3S. The predicted molar refractivity (Wildman–Crippen MR) is 113 cm³/mol. The Morgan fingerprint density at radius 3 is 2.54 bits per heavy atom. The zero-order valence-corrected chi connectivity index (χ0v) is 17.7. The molecule has 0 aliphatic carbocycles. The van der Waals surface area contributed by atoms with Crippen molar-refractivity contribution in [1.82, 2.24) is 9.97 Å². The van der Waals surface area contributed by atoms with Crippen molar-refractivity contribution in [2.75, 3.05) is 0 Å². The lowest BCUT2D eigenvalue weighted by molar-refractivity contribution is -0.152. The van der Waals surface area contributed by atoms with Gasteiger partial charge in [0.25, 0.3) is 5.56 Å². The number of esters is 1. The molecule has 148 valence electrons. The van der Waals surface area contributed by atoms with E-state index in [1.165, 1.54) is 11.3 Å². The Balaban J connectivity index is 1.88. The van der Waals surface area contributed by atoms with Gasteiger partial charge in [-0.25, -0.2) is 4.98 Å². The maximum Gasteiger partial charge on any atom is 0.314 e. The summed E-state index contributed by atoms with van der Waals surface area (Å²) in [6.45, 7) is 9.75. The van der Waals surface area contributed by atoms with Crippen LogP contribution in [0.5, 0.6) is 0 Å². The molecule has 2 heterocycles. The van der Waals surface area contributed by atoms with Gasteiger partial charge in [-0.1, -0.05) is 50.6 Å². The van der Waals surface area contributed by atoms with E-state index in [9.17, 15) is 9.59 Å². The van der Waals surface area contributed by atoms with E-state index in [1.807, 2.05) is 51.1 Å². The van der Waals surface area contributed by atoms with Gasteiger partial charge in [-0.3, -0.25) is 9.59 Å². The molecule has 0 saturated carbocycles. The highest BCUT2D eigenvalue weighted by Crippen LogP contribution is 2.31. The second-order valence-corrected chi connectivity index (χ2v) is 8.47. The van der Waals surface area contributed by atoms with Gasteiger partial charge < -0.3 is 9.72 Å². The van der Waals surface area contributed by atoms with Crippen molar-refractivity contribution >= 4 is 27.5 Å². The molecule has 5 nitrogen and oxygen atoms in total. The van der Waals surface area contributed by atoms with Crippen LogP contribution in [0.1, 0.15) is 61.0 Å². The number of ether oxygens (including phenoxy) is 1. The van der Waals surface area contributed by atoms with Crippen LogP contribution < -0.4 is 5.56 Å². The van der Waals surface area contributed by atoms with Crippen LogP contribution >= 0.6 is 11.3 Å². The molecule has 0 aliphatic heterocycles. The second-order valence-electron chi connectivity index (χ2n) is 7.27. The Hall–Kier alpha value is -2.47. The monoisotopic (exact) mass is 398 g/mol. The minimum Gasteiger partial charge on any atom is -0.454 e. The van der Waals surface area contributed by atoms with E-state index < -0.39 is 6.10 Å². The van der Waals surface area contributed by atoms with Crippen molar-refractivity contribution in [1.29, 1.82) is 0 Å². The maximum absolute atomic E-state index is 13.0. The number of aryl methyl sites for hydroxylation is 2. The molecule has 1 N–H and O–H groups in total. The van der Waals surface area contributed by atoms with Gasteiger partial charge >= 0.3 is 5.97 Å². The highest BCUT2D eigenvalue weighted by molar-refractivity contribution is 7.18. The average molecular weight is 399 g/mol. The predicted octanol–water partition coefficient (Wildman–Crippen LogP) is 5.04. The number of carbonyl (C=O) groups excluding carboxylic acids is 1. The Morgan fingerprint density at radius 2 is 1.89 bits per heavy atom. The van der Waals surface area contributed by atoms with Crippen molar-refractivity contribution in [2.24, 2.45) is 5.92 Å². The average Bonchev–Trinajstić information content (AvgIpc) is 2.96. The van der Waals surface area contributed by atoms with Gasteiger partial charge in [0.1, 0.15) is 4.83 Å². The standard InChI is InChI=1S/C22H26N2O3S/c1-6-12(2)17(16-10-8-7-9-11-16)22(26)27-14(4)19-23-20(25)18-13(3)15(5)28-21(18)24-19/h7-12,14,17H,6H2,1-5H3,(H,23,24,25). The summed E-state index contributed by atoms with van der Waals surface area (Å²) in [4.78, 5) is 34.6. The smallest absolute Gasteiger partial charge is 0.314 e. The number of aromatic amines is 1. The third-order valence-corrected chi connectivity index (χ3v) is 6.46. The third kappa shape index (κ3) is 3.87. The van der Waals surface area contributed by atoms with Gasteiger partial charge in [0, 0.05) is 4.88 Å². The normalized spacial score (nSPS) is 14.6. The topological polar surface area (TPSA) is 72.0 Å². The first-order chi connectivity index (χ1) is 13.3. The zero-order chi connectivity index (χ0) is 20.4. The molecule has 0 bridgehead atoms. The second kappa shape index (κ2) is 8.27. The Morgan fingerprint density at radius 1 is 1.21 bits per heavy atom. The summed E-state index contributed by atoms with van der Waals surface area (Å²) in [5.41, 5.74) is 1.70. The van der Waals surface area contributed by atoms with Gasteiger partial charge in [-0.2, -0.15) is 0 Å². The molecule has 0 fully saturated rings. The summed E-state index contributed by atoms with van der Waals surface area (Å²) in [6.07, 6.45) is 0.222. The van der Waals surface area contributed by atoms with Crippen LogP contribution in [0, 0.1) is 19.8 Å². The first-order valence-electron chi connectivity index (χ1n) is 9.58. The highest BCUT2D eigenvalue weighted by Gasteiger charge is 2.29. The molecule has 0 radical (unpaired) electrons. The molecule has 28 heavy (non-hydrogen) atoms. The summed E-state index contributed by atoms with van der Waals surface area (Å²) < 4.78 is 5.75. The molecular weight excluding hydrogens is 372 g/mol. The minimum atomic E-state index is -0.636. The maximum atomic E-state index is 13.0. The van der Waals surface area contributed by atoms with Gasteiger partial charge in [0.2, 0.25) is 0 Å². The molecule has 3 unspecified atom stereocenters. The molecule has 0 aliphatic rings. The SMILES string of the molecule is CCC(C)C(C(=O)OC(C)c1nc2sc(C)c(C)c2c(=O)[nH]1)c1ccccc1. The highest BCUT2D eigenvalue weighted by atomic mass is 32.1. The summed E-state index contributed by atoms with van der Waals surface area (Å²) >= 11 is 1.48. The van der Waals surface area contributed by atoms with E-state index >= 15 is 0 Å². The first kappa shape index (κ1) is 20.3. The number of rotatable bonds is 6. The lowest BCUT2D eigenvalue weighted by atomic mass is 9.85. The number of benzene rings is 1. The van der Waals surface area contributed by atoms with E-state index in [0.717, 1.165) is 22.4 Å². The summed E-state index contributed by atoms with van der Waals surface area (Å²) in [6, 6.07) is 9.68. The Bertz CT molecular complexity index is 1040. The third-order valence-electron chi connectivity index (χ3n) is 5.36. The fourth-order valence-corrected chi connectivity index (χ4v) is 4.40. The van der Waals surface area contributed by atoms with Gasteiger partial charge in [-0.05, 0) is 37.8 Å². The molecule has 0 saturated heterocycles. The molecule has 3 rings (SSSR count). The van der Waals surface area contributed by atoms with Crippen molar-refractivity contribution < 1.29 is 9.53 Å². The molecule has 2 aromatic heterocycles. The molecule has 3 aromatic rings. The van der Waals surface area contributed by atoms with Crippen LogP contribution in [0.25, 0.3) is 10.2 Å². The molecule has 0 amide bonds. The van der Waals surface area contributed by atoms with E-state index in [0.29, 0.717) is 16.0 Å². The van der Waals surface area contributed by atoms with Crippen LogP contribution in [-0.2, 0) is 9.53 Å². The van der Waals surface area contributed by atoms with Crippen LogP contribution in [0.15, 0.2) is 35.1 Å². The van der Waals surface area contributed by atoms with Crippen molar-refractivity contribution in [3.63, 3.8) is 0 Å². The van der Waals surface area contributed by atoms with Gasteiger partial charge in [-0.15, -0.1) is 11.3 Å². The summed E-state index contributed by atoms with van der Waals surface area (Å²) in [5.74, 6) is -0.132. The number of fused-ring (bicyclic) bond motifs is 1. The van der Waals surface area contributed by atoms with Crippen molar-refractivity contribution in [2.45, 2.75) is 53.1 Å². The van der Waals surface area contributed by atoms with Crippen LogP contribution in [0.4, 0.5) is 0 Å². The van der Waals surface area contributed by atoms with E-state index in [4.69, 9.17) is 4.74 Å². The Labute approximate surface area is 168 Å². The van der Waals surface area contributed by atoms with Crippen LogP contribution in [0.2, 0.25) is 0 Å². The fraction of sp³-hybridized carbons (Fsp3) is 0.409. The minimum absolute atomic E-state index is 0.138. The van der Waals surface area contributed by atoms with Crippen molar-refractivity contribution in [3.8, 4) is 0 Å². The lowest BCUT2D eigenvalue weighted by Crippen LogP contribution is -2.24. The number of aromatic nitrogens is 2. The number of carbonyl (C=O) groups is 1. The number of nitrogens with zero attached hydrogens (tertiary/aromatic N) is 1. The number of hydrogen-bond donors (Lipinski definition) is 1.